The molecule has 0 aliphatic heterocycles. The molecule has 0 heterocycles. The maximum absolute atomic E-state index is 10.6. The highest BCUT2D eigenvalue weighted by Gasteiger charge is 2.11. The van der Waals surface area contributed by atoms with E-state index in [9.17, 15) is 4.79 Å². The van der Waals surface area contributed by atoms with E-state index in [1.807, 2.05) is 0 Å². The smallest absolute Gasteiger partial charge is 0.322 e. The van der Waals surface area contributed by atoms with Crippen molar-refractivity contribution in [2.45, 2.75) is 18.9 Å². The first-order chi connectivity index (χ1) is 4.72. The van der Waals surface area contributed by atoms with E-state index in [0.717, 1.165) is 0 Å². The molecule has 0 radical (unpaired) electrons. The average molecular weight is 147 g/mol. The van der Waals surface area contributed by atoms with Crippen LogP contribution in [0.2, 0.25) is 0 Å². The van der Waals surface area contributed by atoms with Crippen LogP contribution in [0.1, 0.15) is 12.8 Å². The maximum atomic E-state index is 10.6. The summed E-state index contributed by atoms with van der Waals surface area (Å²) in [6, 6.07) is -0.586. The van der Waals surface area contributed by atoms with E-state index < -0.39 is 12.0 Å². The molecule has 0 aliphatic carbocycles. The third-order valence-electron chi connectivity index (χ3n) is 1.18. The number of carbonyl (C=O) groups excluding carboxylic acids is 1. The molecule has 0 saturated carbocycles. The lowest BCUT2D eigenvalue weighted by Crippen LogP contribution is -2.31. The van der Waals surface area contributed by atoms with E-state index >= 15 is 0 Å². The SMILES string of the molecule is COC(=O)[C@@H](N)CCCO. The molecule has 0 unspecified atom stereocenters. The quantitative estimate of drug-likeness (QED) is 0.514. The van der Waals surface area contributed by atoms with E-state index in [4.69, 9.17) is 10.8 Å². The summed E-state index contributed by atoms with van der Waals surface area (Å²) in [7, 11) is 1.29. The molecule has 0 bridgehead atoms. The Labute approximate surface area is 60.0 Å². The third-order valence-corrected chi connectivity index (χ3v) is 1.18. The molecular weight excluding hydrogens is 134 g/mol. The van der Waals surface area contributed by atoms with E-state index in [0.29, 0.717) is 12.8 Å². The van der Waals surface area contributed by atoms with Gasteiger partial charge in [0.15, 0.2) is 0 Å². The molecule has 4 nitrogen and oxygen atoms in total. The lowest BCUT2D eigenvalue weighted by Gasteiger charge is -2.06. The van der Waals surface area contributed by atoms with Gasteiger partial charge in [-0.1, -0.05) is 0 Å². The molecule has 10 heavy (non-hydrogen) atoms. The predicted molar refractivity (Wildman–Crippen MR) is 36.3 cm³/mol. The molecule has 0 aliphatic rings. The van der Waals surface area contributed by atoms with Gasteiger partial charge >= 0.3 is 5.97 Å². The summed E-state index contributed by atoms with van der Waals surface area (Å²) in [5.74, 6) is -0.423. The van der Waals surface area contributed by atoms with Crippen LogP contribution in [0.15, 0.2) is 0 Å². The number of carbonyl (C=O) groups is 1. The fraction of sp³-hybridized carbons (Fsp3) is 0.833. The van der Waals surface area contributed by atoms with Gasteiger partial charge in [0.2, 0.25) is 0 Å². The summed E-state index contributed by atoms with van der Waals surface area (Å²) in [5, 5.41) is 8.36. The molecule has 0 aromatic heterocycles. The Kier molecular flexibility index (Phi) is 4.88. The number of nitrogens with two attached hydrogens (primary N) is 1. The molecule has 0 aromatic carbocycles. The molecule has 0 saturated heterocycles. The number of hydrogen-bond donors (Lipinski definition) is 2. The number of hydrogen-bond acceptors (Lipinski definition) is 4. The second-order valence-electron chi connectivity index (χ2n) is 2.00. The first-order valence-electron chi connectivity index (χ1n) is 3.16. The third kappa shape index (κ3) is 3.42. The van der Waals surface area contributed by atoms with E-state index in [1.54, 1.807) is 0 Å². The highest BCUT2D eigenvalue weighted by atomic mass is 16.5. The van der Waals surface area contributed by atoms with E-state index in [1.165, 1.54) is 7.11 Å². The Hall–Kier alpha value is -0.610. The lowest BCUT2D eigenvalue weighted by molar-refractivity contribution is -0.142. The largest absolute Gasteiger partial charge is 0.468 e. The molecule has 0 fully saturated rings. The summed E-state index contributed by atoms with van der Waals surface area (Å²) in [4.78, 5) is 10.6. The number of esters is 1. The monoisotopic (exact) mass is 147 g/mol. The van der Waals surface area contributed by atoms with Crippen LogP contribution in [0.5, 0.6) is 0 Å². The van der Waals surface area contributed by atoms with Crippen molar-refractivity contribution >= 4 is 5.97 Å². The molecule has 0 spiro atoms. The molecule has 0 aromatic rings. The summed E-state index contributed by atoms with van der Waals surface area (Å²) in [5.41, 5.74) is 5.33. The zero-order chi connectivity index (χ0) is 7.98. The topological polar surface area (TPSA) is 72.5 Å². The first kappa shape index (κ1) is 9.39. The second-order valence-corrected chi connectivity index (χ2v) is 2.00. The highest BCUT2D eigenvalue weighted by molar-refractivity contribution is 5.75. The van der Waals surface area contributed by atoms with Gasteiger partial charge < -0.3 is 15.6 Å². The van der Waals surface area contributed by atoms with Crippen molar-refractivity contribution in [3.05, 3.63) is 0 Å². The molecular formula is C6H13NO3. The van der Waals surface area contributed by atoms with Crippen LogP contribution in [0.4, 0.5) is 0 Å². The second kappa shape index (κ2) is 5.20. The van der Waals surface area contributed by atoms with Gasteiger partial charge in [-0.05, 0) is 12.8 Å². The Morgan fingerprint density at radius 2 is 2.40 bits per heavy atom. The fourth-order valence-electron chi connectivity index (χ4n) is 0.580. The summed E-state index contributed by atoms with van der Waals surface area (Å²) in [6.07, 6.45) is 1.01. The summed E-state index contributed by atoms with van der Waals surface area (Å²) >= 11 is 0. The molecule has 4 heteroatoms. The van der Waals surface area contributed by atoms with Crippen LogP contribution >= 0.6 is 0 Å². The fourth-order valence-corrected chi connectivity index (χ4v) is 0.580. The minimum Gasteiger partial charge on any atom is -0.468 e. The van der Waals surface area contributed by atoms with Gasteiger partial charge in [0.25, 0.3) is 0 Å². The van der Waals surface area contributed by atoms with Crippen molar-refractivity contribution in [2.75, 3.05) is 13.7 Å². The van der Waals surface area contributed by atoms with Gasteiger partial charge in [0.1, 0.15) is 6.04 Å². The molecule has 0 rings (SSSR count). The van der Waals surface area contributed by atoms with Crippen molar-refractivity contribution in [3.8, 4) is 0 Å². The number of rotatable bonds is 4. The zero-order valence-electron chi connectivity index (χ0n) is 6.04. The van der Waals surface area contributed by atoms with Crippen molar-refractivity contribution in [1.29, 1.82) is 0 Å². The van der Waals surface area contributed by atoms with Crippen molar-refractivity contribution in [3.63, 3.8) is 0 Å². The minimum absolute atomic E-state index is 0.0602. The Morgan fingerprint density at radius 3 is 2.80 bits per heavy atom. The molecule has 1 atom stereocenters. The minimum atomic E-state index is -0.586. The summed E-state index contributed by atoms with van der Waals surface area (Å²) < 4.78 is 4.36. The van der Waals surface area contributed by atoms with Crippen LogP contribution in [-0.2, 0) is 9.53 Å². The average Bonchev–Trinajstić information content (AvgIpc) is 1.98. The van der Waals surface area contributed by atoms with Crippen molar-refractivity contribution in [2.24, 2.45) is 5.73 Å². The van der Waals surface area contributed by atoms with Gasteiger partial charge in [-0.25, -0.2) is 0 Å². The molecule has 3 N–H and O–H groups in total. The lowest BCUT2D eigenvalue weighted by atomic mass is 10.2. The summed E-state index contributed by atoms with van der Waals surface area (Å²) in [6.45, 7) is 0.0602. The van der Waals surface area contributed by atoms with Crippen LogP contribution < -0.4 is 5.73 Å². The van der Waals surface area contributed by atoms with E-state index in [2.05, 4.69) is 4.74 Å². The normalized spacial score (nSPS) is 12.7. The van der Waals surface area contributed by atoms with Crippen molar-refractivity contribution < 1.29 is 14.6 Å². The first-order valence-corrected chi connectivity index (χ1v) is 3.16. The number of ether oxygens (including phenoxy) is 1. The van der Waals surface area contributed by atoms with Gasteiger partial charge in [0, 0.05) is 6.61 Å². The molecule has 0 amide bonds. The zero-order valence-corrected chi connectivity index (χ0v) is 6.04. The number of methoxy groups -OCH3 is 1. The van der Waals surface area contributed by atoms with E-state index in [-0.39, 0.29) is 6.61 Å². The van der Waals surface area contributed by atoms with Crippen LogP contribution in [0.3, 0.4) is 0 Å². The highest BCUT2D eigenvalue weighted by Crippen LogP contribution is 1.94. The van der Waals surface area contributed by atoms with Gasteiger partial charge in [-0.15, -0.1) is 0 Å². The molecule has 60 valence electrons. The van der Waals surface area contributed by atoms with Crippen molar-refractivity contribution in [1.82, 2.24) is 0 Å². The Morgan fingerprint density at radius 1 is 1.80 bits per heavy atom. The Bertz CT molecular complexity index is 105. The predicted octanol–water partition coefficient (Wildman–Crippen LogP) is -0.741. The maximum Gasteiger partial charge on any atom is 0.322 e. The number of aliphatic hydroxyl groups is 1. The van der Waals surface area contributed by atoms with Gasteiger partial charge in [-0.3, -0.25) is 4.79 Å². The van der Waals surface area contributed by atoms with Crippen LogP contribution in [0, 0.1) is 0 Å². The Balaban J connectivity index is 3.41. The standard InChI is InChI=1S/C6H13NO3/c1-10-6(9)5(7)3-2-4-8/h5,8H,2-4,7H2,1H3/t5-/m0/s1. The number of aliphatic hydroxyl groups excluding tert-OH is 1. The van der Waals surface area contributed by atoms with Crippen LogP contribution in [0.25, 0.3) is 0 Å². The van der Waals surface area contributed by atoms with Gasteiger partial charge in [-0.2, -0.15) is 0 Å². The van der Waals surface area contributed by atoms with Crippen LogP contribution in [-0.4, -0.2) is 30.8 Å². The van der Waals surface area contributed by atoms with Gasteiger partial charge in [0.05, 0.1) is 7.11 Å².